The van der Waals surface area contributed by atoms with Crippen LogP contribution in [0.25, 0.3) is 0 Å². The minimum atomic E-state index is -0.262. The summed E-state index contributed by atoms with van der Waals surface area (Å²) in [6, 6.07) is -0.262. The Balaban J connectivity index is 1.98. The topological polar surface area (TPSA) is 73.9 Å². The number of nitrogens with zero attached hydrogens (tertiary/aromatic N) is 1. The molecule has 3 unspecified atom stereocenters. The summed E-state index contributed by atoms with van der Waals surface area (Å²) in [6.07, 6.45) is 8.35. The van der Waals surface area contributed by atoms with Crippen LogP contribution in [0.2, 0.25) is 0 Å². The van der Waals surface area contributed by atoms with E-state index in [1.165, 1.54) is 5.57 Å². The quantitative estimate of drug-likeness (QED) is 0.624. The van der Waals surface area contributed by atoms with Crippen LogP contribution in [-0.2, 0) is 14.4 Å². The lowest BCUT2D eigenvalue weighted by Crippen LogP contribution is -2.33. The second-order valence-electron chi connectivity index (χ2n) is 7.16. The van der Waals surface area contributed by atoms with Crippen molar-refractivity contribution in [3.8, 4) is 0 Å². The predicted octanol–water partition coefficient (Wildman–Crippen LogP) is 3.09. The highest BCUT2D eigenvalue weighted by atomic mass is 16.6. The Morgan fingerprint density at radius 2 is 2.17 bits per heavy atom. The molecule has 2 N–H and O–H groups in total. The smallest absolute Gasteiger partial charge is 0.170 e. The average Bonchev–Trinajstić information content (AvgIpc) is 2.56. The molecule has 5 heteroatoms. The largest absolute Gasteiger partial charge is 0.493 e. The summed E-state index contributed by atoms with van der Waals surface area (Å²) in [5.41, 5.74) is 1.98. The molecule has 0 spiro atoms. The van der Waals surface area contributed by atoms with Gasteiger partial charge in [0.1, 0.15) is 0 Å². The molecule has 0 radical (unpaired) electrons. The minimum absolute atomic E-state index is 0.132. The first-order valence-electron chi connectivity index (χ1n) is 8.63. The van der Waals surface area contributed by atoms with Gasteiger partial charge in [-0.15, -0.1) is 0 Å². The fourth-order valence-corrected chi connectivity index (χ4v) is 4.20. The highest BCUT2D eigenvalue weighted by molar-refractivity contribution is 5.97. The fourth-order valence-electron chi connectivity index (χ4n) is 4.20. The van der Waals surface area contributed by atoms with Crippen molar-refractivity contribution in [1.29, 1.82) is 0 Å². The molecule has 2 bridgehead atoms. The molecule has 0 aromatic heterocycles. The number of Topliss-reactive ketones (excluding diaryl/α,β-unsaturated/α-hetero) is 1. The maximum absolute atomic E-state index is 12.8. The SMILES string of the molecule is C=C1CC2CCC(=O)C3=CC(OC)=C(ON)C(C)C3/N=C\[C@H](C1)C2. The van der Waals surface area contributed by atoms with Gasteiger partial charge in [0.2, 0.25) is 0 Å². The third-order valence-electron chi connectivity index (χ3n) is 5.41. The molecule has 0 saturated heterocycles. The number of ketones is 1. The molecule has 24 heavy (non-hydrogen) atoms. The number of hydrogen-bond donors (Lipinski definition) is 1. The van der Waals surface area contributed by atoms with Crippen molar-refractivity contribution in [2.75, 3.05) is 7.11 Å². The van der Waals surface area contributed by atoms with Crippen LogP contribution in [0.1, 0.15) is 39.0 Å². The molecule has 0 aromatic rings. The van der Waals surface area contributed by atoms with Gasteiger partial charge in [-0.1, -0.05) is 19.1 Å². The molecular weight excluding hydrogens is 304 g/mol. The zero-order valence-corrected chi connectivity index (χ0v) is 14.5. The van der Waals surface area contributed by atoms with E-state index in [9.17, 15) is 4.79 Å². The summed E-state index contributed by atoms with van der Waals surface area (Å²) in [7, 11) is 1.56. The Morgan fingerprint density at radius 3 is 2.88 bits per heavy atom. The van der Waals surface area contributed by atoms with Crippen LogP contribution in [-0.4, -0.2) is 25.1 Å². The second kappa shape index (κ2) is 6.93. The van der Waals surface area contributed by atoms with E-state index in [-0.39, 0.29) is 17.7 Å². The summed E-state index contributed by atoms with van der Waals surface area (Å²) in [5, 5.41) is 0. The monoisotopic (exact) mass is 330 g/mol. The molecule has 130 valence electrons. The van der Waals surface area contributed by atoms with E-state index in [0.29, 0.717) is 35.3 Å². The number of hydrogen-bond acceptors (Lipinski definition) is 5. The molecule has 1 fully saturated rings. The molecule has 0 amide bonds. The first kappa shape index (κ1) is 17.0. The highest BCUT2D eigenvalue weighted by Crippen LogP contribution is 2.38. The van der Waals surface area contributed by atoms with E-state index in [1.807, 2.05) is 13.1 Å². The van der Waals surface area contributed by atoms with Gasteiger partial charge < -0.3 is 9.57 Å². The Hall–Kier alpha value is -1.88. The van der Waals surface area contributed by atoms with Crippen molar-refractivity contribution in [3.05, 3.63) is 35.3 Å². The molecule has 0 aromatic carbocycles. The Kier molecular flexibility index (Phi) is 4.90. The van der Waals surface area contributed by atoms with Crippen LogP contribution in [0.15, 0.2) is 40.3 Å². The predicted molar refractivity (Wildman–Crippen MR) is 93.0 cm³/mol. The van der Waals surface area contributed by atoms with E-state index in [2.05, 4.69) is 6.58 Å². The van der Waals surface area contributed by atoms with Crippen LogP contribution in [0.5, 0.6) is 0 Å². The third-order valence-corrected chi connectivity index (χ3v) is 5.41. The summed E-state index contributed by atoms with van der Waals surface area (Å²) in [4.78, 5) is 22.6. The summed E-state index contributed by atoms with van der Waals surface area (Å²) < 4.78 is 5.36. The minimum Gasteiger partial charge on any atom is -0.493 e. The first-order valence-corrected chi connectivity index (χ1v) is 8.63. The van der Waals surface area contributed by atoms with Gasteiger partial charge in [-0.2, -0.15) is 5.90 Å². The van der Waals surface area contributed by atoms with Gasteiger partial charge in [0.15, 0.2) is 17.3 Å². The lowest BCUT2D eigenvalue weighted by Gasteiger charge is -2.33. The van der Waals surface area contributed by atoms with Gasteiger partial charge in [0.05, 0.1) is 13.2 Å². The number of aliphatic imine (C=N–C) groups is 1. The average molecular weight is 330 g/mol. The van der Waals surface area contributed by atoms with E-state index in [1.54, 1.807) is 13.2 Å². The number of fused-ring (bicyclic) bond motifs is 3. The van der Waals surface area contributed by atoms with Gasteiger partial charge in [-0.3, -0.25) is 9.79 Å². The van der Waals surface area contributed by atoms with E-state index >= 15 is 0 Å². The lowest BCUT2D eigenvalue weighted by atomic mass is 9.75. The number of ether oxygens (including phenoxy) is 1. The number of rotatable bonds is 2. The fraction of sp³-hybridized carbons (Fsp3) is 0.579. The maximum Gasteiger partial charge on any atom is 0.170 e. The van der Waals surface area contributed by atoms with Crippen molar-refractivity contribution in [1.82, 2.24) is 0 Å². The zero-order chi connectivity index (χ0) is 17.3. The molecule has 1 aliphatic heterocycles. The van der Waals surface area contributed by atoms with Gasteiger partial charge in [0.25, 0.3) is 0 Å². The van der Waals surface area contributed by atoms with E-state index in [4.69, 9.17) is 20.5 Å². The van der Waals surface area contributed by atoms with Crippen molar-refractivity contribution < 1.29 is 14.4 Å². The molecule has 2 aliphatic carbocycles. The number of carbonyl (C=O) groups is 1. The number of allylic oxidation sites excluding steroid dienone is 2. The van der Waals surface area contributed by atoms with E-state index < -0.39 is 0 Å². The van der Waals surface area contributed by atoms with E-state index in [0.717, 1.165) is 25.7 Å². The van der Waals surface area contributed by atoms with Crippen LogP contribution in [0.3, 0.4) is 0 Å². The molecule has 3 rings (SSSR count). The Bertz CT molecular complexity index is 633. The van der Waals surface area contributed by atoms with Crippen LogP contribution < -0.4 is 5.90 Å². The molecule has 3 aliphatic rings. The standard InChI is InChI=1S/C19H26N2O3/c1-11-6-13-4-5-16(22)15-9-17(23-3)19(24-20)12(2)18(15)21-10-14(7-11)8-13/h9-10,12-14,18H,1,4-8,20H2,2-3H3/b21-10-/t12?,13?,14-,18?/m1/s1. The molecule has 4 atom stereocenters. The summed E-state index contributed by atoms with van der Waals surface area (Å²) >= 11 is 0. The van der Waals surface area contributed by atoms with Crippen molar-refractivity contribution >= 4 is 12.0 Å². The van der Waals surface area contributed by atoms with Crippen molar-refractivity contribution in [2.45, 2.75) is 45.1 Å². The first-order chi connectivity index (χ1) is 11.5. The molecular formula is C19H26N2O3. The number of nitrogens with two attached hydrogens (primary N) is 1. The third kappa shape index (κ3) is 3.18. The normalized spacial score (nSPS) is 35.0. The zero-order valence-electron chi connectivity index (χ0n) is 14.5. The van der Waals surface area contributed by atoms with Crippen LogP contribution in [0, 0.1) is 17.8 Å². The Morgan fingerprint density at radius 1 is 1.38 bits per heavy atom. The molecule has 5 nitrogen and oxygen atoms in total. The van der Waals surface area contributed by atoms with Crippen LogP contribution >= 0.6 is 0 Å². The van der Waals surface area contributed by atoms with Gasteiger partial charge in [-0.25, -0.2) is 0 Å². The number of methoxy groups -OCH3 is 1. The Labute approximate surface area is 143 Å². The van der Waals surface area contributed by atoms with Crippen molar-refractivity contribution in [3.63, 3.8) is 0 Å². The summed E-state index contributed by atoms with van der Waals surface area (Å²) in [5.74, 6) is 7.44. The highest BCUT2D eigenvalue weighted by Gasteiger charge is 2.36. The number of carbonyl (C=O) groups excluding carboxylic acids is 1. The molecule has 1 heterocycles. The lowest BCUT2D eigenvalue weighted by molar-refractivity contribution is -0.116. The second-order valence-corrected chi connectivity index (χ2v) is 7.16. The van der Waals surface area contributed by atoms with Gasteiger partial charge >= 0.3 is 0 Å². The molecule has 1 saturated carbocycles. The van der Waals surface area contributed by atoms with Gasteiger partial charge in [-0.05, 0) is 43.6 Å². The maximum atomic E-state index is 12.8. The van der Waals surface area contributed by atoms with Crippen molar-refractivity contribution in [2.24, 2.45) is 28.6 Å². The van der Waals surface area contributed by atoms with Gasteiger partial charge in [0, 0.05) is 24.1 Å². The summed E-state index contributed by atoms with van der Waals surface area (Å²) in [6.45, 7) is 6.14. The van der Waals surface area contributed by atoms with Crippen LogP contribution in [0.4, 0.5) is 0 Å².